The van der Waals surface area contributed by atoms with Gasteiger partial charge < -0.3 is 10.1 Å². The average molecular weight is 415 g/mol. The lowest BCUT2D eigenvalue weighted by atomic mass is 9.96. The zero-order valence-electron chi connectivity index (χ0n) is 17.8. The van der Waals surface area contributed by atoms with Gasteiger partial charge in [0.25, 0.3) is 0 Å². The molecule has 4 heteroatoms. The third-order valence-corrected chi connectivity index (χ3v) is 5.39. The minimum absolute atomic E-state index is 0. The number of nitrogens with zero attached hydrogens (tertiary/aromatic N) is 1. The van der Waals surface area contributed by atoms with Gasteiger partial charge in [0.15, 0.2) is 0 Å². The van der Waals surface area contributed by atoms with Crippen LogP contribution in [0.5, 0.6) is 0 Å². The molecular weight excluding hydrogens is 380 g/mol. The highest BCUT2D eigenvalue weighted by Crippen LogP contribution is 2.29. The number of rotatable bonds is 12. The molecule has 0 saturated heterocycles. The predicted molar refractivity (Wildman–Crippen MR) is 128 cm³/mol. The molecule has 3 nitrogen and oxygen atoms in total. The third-order valence-electron chi connectivity index (χ3n) is 5.39. The zero-order valence-corrected chi connectivity index (χ0v) is 18.6. The van der Waals surface area contributed by atoms with Gasteiger partial charge in [0.05, 0.1) is 0 Å². The summed E-state index contributed by atoms with van der Waals surface area (Å²) in [6, 6.07) is 19.9. The molecule has 0 spiro atoms. The van der Waals surface area contributed by atoms with E-state index in [1.807, 2.05) is 6.92 Å². The minimum Gasteiger partial charge on any atom is -0.382 e. The fraction of sp³-hybridized carbons (Fsp3) is 0.440. The van der Waals surface area contributed by atoms with Gasteiger partial charge >= 0.3 is 0 Å². The smallest absolute Gasteiger partial charge is 0.0477 e. The van der Waals surface area contributed by atoms with Crippen LogP contribution in [-0.4, -0.2) is 44.3 Å². The van der Waals surface area contributed by atoms with Gasteiger partial charge in [0, 0.05) is 19.8 Å². The molecule has 0 atom stereocenters. The Labute approximate surface area is 181 Å². The molecule has 1 N–H and O–H groups in total. The zero-order chi connectivity index (χ0) is 19.6. The van der Waals surface area contributed by atoms with Gasteiger partial charge in [-0.1, -0.05) is 55.5 Å². The van der Waals surface area contributed by atoms with Crippen LogP contribution >= 0.6 is 12.4 Å². The van der Waals surface area contributed by atoms with Crippen molar-refractivity contribution < 1.29 is 4.74 Å². The Kier molecular flexibility index (Phi) is 10.4. The van der Waals surface area contributed by atoms with E-state index >= 15 is 0 Å². The van der Waals surface area contributed by atoms with Crippen LogP contribution in [0.2, 0.25) is 0 Å². The molecule has 0 aromatic heterocycles. The van der Waals surface area contributed by atoms with Crippen molar-refractivity contribution in [3.05, 3.63) is 60.2 Å². The molecule has 0 amide bonds. The van der Waals surface area contributed by atoms with E-state index in [1.165, 1.54) is 33.5 Å². The quantitative estimate of drug-likeness (QED) is 0.306. The Morgan fingerprint density at radius 3 is 2.10 bits per heavy atom. The van der Waals surface area contributed by atoms with E-state index in [0.29, 0.717) is 0 Å². The van der Waals surface area contributed by atoms with E-state index in [9.17, 15) is 0 Å². The van der Waals surface area contributed by atoms with Crippen LogP contribution in [0.25, 0.3) is 21.5 Å². The van der Waals surface area contributed by atoms with Crippen molar-refractivity contribution in [2.24, 2.45) is 0 Å². The van der Waals surface area contributed by atoms with Gasteiger partial charge in [0.2, 0.25) is 0 Å². The second-order valence-electron chi connectivity index (χ2n) is 7.32. The van der Waals surface area contributed by atoms with Gasteiger partial charge in [0.1, 0.15) is 0 Å². The molecule has 0 unspecified atom stereocenters. The topological polar surface area (TPSA) is 24.5 Å². The number of halogens is 1. The van der Waals surface area contributed by atoms with Crippen LogP contribution in [0.15, 0.2) is 54.6 Å². The van der Waals surface area contributed by atoms with Gasteiger partial charge in [-0.2, -0.15) is 0 Å². The van der Waals surface area contributed by atoms with E-state index in [0.717, 1.165) is 52.4 Å². The minimum atomic E-state index is 0. The summed E-state index contributed by atoms with van der Waals surface area (Å²) in [6.45, 7) is 11.3. The predicted octanol–water partition coefficient (Wildman–Crippen LogP) is 5.64. The van der Waals surface area contributed by atoms with E-state index in [4.69, 9.17) is 4.74 Å². The SMILES string of the molecule is CCOCCCNCCCN(CC)Cc1c2ccccc2cc2ccccc12.Cl. The molecule has 0 saturated carbocycles. The molecule has 3 aromatic carbocycles. The highest BCUT2D eigenvalue weighted by molar-refractivity contribution is 6.02. The summed E-state index contributed by atoms with van der Waals surface area (Å²) in [5, 5.41) is 8.98. The number of hydrogen-bond donors (Lipinski definition) is 1. The van der Waals surface area contributed by atoms with E-state index in [2.05, 4.69) is 71.7 Å². The molecule has 0 aliphatic rings. The molecule has 0 fully saturated rings. The van der Waals surface area contributed by atoms with Gasteiger partial charge in [-0.3, -0.25) is 4.90 Å². The van der Waals surface area contributed by atoms with Crippen LogP contribution in [0.4, 0.5) is 0 Å². The number of nitrogens with one attached hydrogen (secondary N) is 1. The molecule has 0 bridgehead atoms. The monoisotopic (exact) mass is 414 g/mol. The first-order valence-electron chi connectivity index (χ1n) is 10.7. The van der Waals surface area contributed by atoms with Crippen molar-refractivity contribution in [2.45, 2.75) is 33.2 Å². The second kappa shape index (κ2) is 12.8. The van der Waals surface area contributed by atoms with Gasteiger partial charge in [-0.15, -0.1) is 12.4 Å². The summed E-state index contributed by atoms with van der Waals surface area (Å²) < 4.78 is 5.38. The Bertz CT molecular complexity index is 814. The molecule has 0 radical (unpaired) electrons. The highest BCUT2D eigenvalue weighted by atomic mass is 35.5. The summed E-state index contributed by atoms with van der Waals surface area (Å²) in [4.78, 5) is 2.57. The van der Waals surface area contributed by atoms with E-state index in [1.54, 1.807) is 0 Å². The summed E-state index contributed by atoms with van der Waals surface area (Å²) in [5.41, 5.74) is 1.46. The molecular formula is C25H35ClN2O. The average Bonchev–Trinajstić information content (AvgIpc) is 2.74. The number of hydrogen-bond acceptors (Lipinski definition) is 3. The lowest BCUT2D eigenvalue weighted by Gasteiger charge is -2.23. The fourth-order valence-electron chi connectivity index (χ4n) is 3.85. The van der Waals surface area contributed by atoms with Crippen LogP contribution in [0.1, 0.15) is 32.3 Å². The molecule has 29 heavy (non-hydrogen) atoms. The molecule has 0 heterocycles. The standard InChI is InChI=1S/C25H34N2O.ClH/c1-3-27(17-9-15-26-16-10-18-28-4-2)20-25-23-13-7-5-11-21(23)19-22-12-6-8-14-24(22)25;/h5-8,11-14,19,26H,3-4,9-10,15-18,20H2,1-2H3;1H. The maximum Gasteiger partial charge on any atom is 0.0477 e. The molecule has 158 valence electrons. The van der Waals surface area contributed by atoms with E-state index < -0.39 is 0 Å². The Morgan fingerprint density at radius 1 is 0.862 bits per heavy atom. The van der Waals surface area contributed by atoms with Gasteiger partial charge in [-0.25, -0.2) is 0 Å². The van der Waals surface area contributed by atoms with Crippen LogP contribution in [0.3, 0.4) is 0 Å². The van der Waals surface area contributed by atoms with Crippen molar-refractivity contribution in [2.75, 3.05) is 39.4 Å². The van der Waals surface area contributed by atoms with Gasteiger partial charge in [-0.05, 0) is 79.1 Å². The van der Waals surface area contributed by atoms with Crippen molar-refractivity contribution in [1.29, 1.82) is 0 Å². The van der Waals surface area contributed by atoms with Crippen molar-refractivity contribution in [3.63, 3.8) is 0 Å². The number of fused-ring (bicyclic) bond motifs is 2. The highest BCUT2D eigenvalue weighted by Gasteiger charge is 2.11. The summed E-state index contributed by atoms with van der Waals surface area (Å²) in [6.07, 6.45) is 2.26. The summed E-state index contributed by atoms with van der Waals surface area (Å²) in [7, 11) is 0. The number of benzene rings is 3. The second-order valence-corrected chi connectivity index (χ2v) is 7.32. The Hall–Kier alpha value is -1.65. The lowest BCUT2D eigenvalue weighted by molar-refractivity contribution is 0.144. The third kappa shape index (κ3) is 6.68. The summed E-state index contributed by atoms with van der Waals surface area (Å²) >= 11 is 0. The van der Waals surface area contributed by atoms with Crippen molar-refractivity contribution in [3.8, 4) is 0 Å². The first-order valence-corrected chi connectivity index (χ1v) is 10.7. The maximum absolute atomic E-state index is 5.38. The van der Waals surface area contributed by atoms with Crippen LogP contribution in [-0.2, 0) is 11.3 Å². The molecule has 3 rings (SSSR count). The van der Waals surface area contributed by atoms with Crippen molar-refractivity contribution >= 4 is 34.0 Å². The van der Waals surface area contributed by atoms with Crippen LogP contribution < -0.4 is 5.32 Å². The first kappa shape index (κ1) is 23.6. The van der Waals surface area contributed by atoms with E-state index in [-0.39, 0.29) is 12.4 Å². The normalized spacial score (nSPS) is 11.3. The maximum atomic E-state index is 5.38. The Balaban J connectivity index is 0.00000300. The number of ether oxygens (including phenoxy) is 1. The van der Waals surface area contributed by atoms with Crippen LogP contribution in [0, 0.1) is 0 Å². The lowest BCUT2D eigenvalue weighted by Crippen LogP contribution is -2.28. The summed E-state index contributed by atoms with van der Waals surface area (Å²) in [5.74, 6) is 0. The Morgan fingerprint density at radius 2 is 1.48 bits per heavy atom. The van der Waals surface area contributed by atoms with Crippen molar-refractivity contribution in [1.82, 2.24) is 10.2 Å². The first-order chi connectivity index (χ1) is 13.8. The molecule has 0 aliphatic heterocycles. The molecule has 0 aliphatic carbocycles. The fourth-order valence-corrected chi connectivity index (χ4v) is 3.85. The molecule has 3 aromatic rings. The largest absolute Gasteiger partial charge is 0.382 e.